The Kier molecular flexibility index (Phi) is 18.3. The summed E-state index contributed by atoms with van der Waals surface area (Å²) in [7, 11) is 0. The Balaban J connectivity index is 0.000000125. The first-order chi connectivity index (χ1) is 52.4. The summed E-state index contributed by atoms with van der Waals surface area (Å²) >= 11 is 0. The Morgan fingerprint density at radius 3 is 0.963 bits per heavy atom. The van der Waals surface area contributed by atoms with Crippen LogP contribution in [-0.4, -0.2) is 89.8 Å². The highest BCUT2D eigenvalue weighted by Gasteiger charge is 2.68. The summed E-state index contributed by atoms with van der Waals surface area (Å²) in [4.78, 5) is 28.9. The standard InChI is InChI=1S/2C29H30F2N6.C27H26F2N6/c2*1-5-17(2)16-37-12-10-22(36-37)24-14-32-15-25(33-24)29-11-9-19(28(29,3)4)18-13-23(34-35-27(18)29)26-20(30)7-6-8-21(26)31;1-4-11-35-12-9-20(34-35)22-14-30-15-23(31-22)27-10-8-17(26(27,2)3)16-13-21(32-33-25(16)27)24-18(28)6-5-7-19(24)29/h2*6-8,10,12-15,17,19H,5,9,11,16H2,1-4H3;5-7,9,12-15,17H,4,8,10-11H2,1-3H3/t17-,19+,29+;17-,19-,29-;17-,27-/m100/s1. The number of aryl methyl sites for hydroxylation is 1. The first kappa shape index (κ1) is 72.5. The summed E-state index contributed by atoms with van der Waals surface area (Å²) in [5.41, 5.74) is 10.7. The zero-order valence-electron chi connectivity index (χ0n) is 63.0. The summed E-state index contributed by atoms with van der Waals surface area (Å²) in [6.07, 6.45) is 25.2. The lowest BCUT2D eigenvalue weighted by Gasteiger charge is -2.37. The van der Waals surface area contributed by atoms with Crippen LogP contribution in [0.4, 0.5) is 26.3 Å². The van der Waals surface area contributed by atoms with Gasteiger partial charge in [-0.15, -0.1) is 15.3 Å². The third kappa shape index (κ3) is 11.5. The van der Waals surface area contributed by atoms with Gasteiger partial charge >= 0.3 is 0 Å². The van der Waals surface area contributed by atoms with Gasteiger partial charge < -0.3 is 0 Å². The van der Waals surface area contributed by atoms with E-state index in [2.05, 4.69) is 127 Å². The maximum atomic E-state index is 14.5. The van der Waals surface area contributed by atoms with Gasteiger partial charge in [-0.25, -0.2) is 41.3 Å². The van der Waals surface area contributed by atoms with Gasteiger partial charge in [-0.1, -0.05) is 107 Å². The van der Waals surface area contributed by atoms with Crippen LogP contribution < -0.4 is 0 Å². The van der Waals surface area contributed by atoms with E-state index in [4.69, 9.17) is 25.1 Å². The zero-order chi connectivity index (χ0) is 76.3. The van der Waals surface area contributed by atoms with Crippen molar-refractivity contribution < 1.29 is 26.3 Å². The van der Waals surface area contributed by atoms with Crippen LogP contribution in [0.5, 0.6) is 0 Å². The summed E-state index contributed by atoms with van der Waals surface area (Å²) < 4.78 is 92.9. The van der Waals surface area contributed by atoms with Gasteiger partial charge in [0.15, 0.2) is 0 Å². The number of aromatic nitrogens is 18. The molecule has 18 rings (SSSR count). The van der Waals surface area contributed by atoms with E-state index in [0.29, 0.717) is 11.8 Å². The van der Waals surface area contributed by atoms with Crippen molar-refractivity contribution in [3.63, 3.8) is 0 Å². The molecule has 9 aromatic heterocycles. The molecule has 109 heavy (non-hydrogen) atoms. The van der Waals surface area contributed by atoms with E-state index in [9.17, 15) is 26.3 Å². The van der Waals surface area contributed by atoms with Crippen LogP contribution in [0.1, 0.15) is 203 Å². The van der Waals surface area contributed by atoms with E-state index < -0.39 is 51.1 Å². The Bertz CT molecular complexity index is 5210. The maximum Gasteiger partial charge on any atom is 0.135 e. The van der Waals surface area contributed by atoms with Crippen molar-refractivity contribution in [2.75, 3.05) is 0 Å². The van der Waals surface area contributed by atoms with Crippen molar-refractivity contribution in [2.24, 2.45) is 28.1 Å². The van der Waals surface area contributed by atoms with Crippen LogP contribution in [0.3, 0.4) is 0 Å². The predicted molar refractivity (Wildman–Crippen MR) is 401 cm³/mol. The summed E-state index contributed by atoms with van der Waals surface area (Å²) in [5.74, 6) is -2.25. The number of halogens is 6. The minimum absolute atomic E-state index is 0.137. The van der Waals surface area contributed by atoms with Crippen molar-refractivity contribution >= 4 is 0 Å². The van der Waals surface area contributed by atoms with Crippen LogP contribution in [0.25, 0.3) is 67.9 Å². The lowest BCUT2D eigenvalue weighted by atomic mass is 9.66. The molecule has 12 aromatic rings. The first-order valence-electron chi connectivity index (χ1n) is 37.9. The van der Waals surface area contributed by atoms with E-state index in [1.165, 1.54) is 54.6 Å². The molecule has 3 fully saturated rings. The van der Waals surface area contributed by atoms with E-state index in [1.54, 1.807) is 18.6 Å². The second-order valence-corrected chi connectivity index (χ2v) is 32.3. The Morgan fingerprint density at radius 1 is 0.376 bits per heavy atom. The smallest absolute Gasteiger partial charge is 0.135 e. The summed E-state index contributed by atoms with van der Waals surface area (Å²) in [6.45, 7) is 26.8. The molecule has 24 heteroatoms. The molecule has 6 aliphatic carbocycles. The van der Waals surface area contributed by atoms with Gasteiger partial charge in [0.25, 0.3) is 0 Å². The molecule has 0 N–H and O–H groups in total. The molecular formula is C85H86F6N18. The molecule has 8 atom stereocenters. The zero-order valence-corrected chi connectivity index (χ0v) is 63.0. The van der Waals surface area contributed by atoms with Crippen molar-refractivity contribution in [3.8, 4) is 67.9 Å². The fraction of sp³-hybridized carbons (Fsp3) is 0.400. The van der Waals surface area contributed by atoms with Crippen LogP contribution in [0.2, 0.25) is 0 Å². The van der Waals surface area contributed by atoms with Crippen molar-refractivity contribution in [2.45, 2.75) is 188 Å². The van der Waals surface area contributed by atoms with Gasteiger partial charge in [-0.3, -0.25) is 29.0 Å². The molecule has 0 saturated heterocycles. The largest absolute Gasteiger partial charge is 0.272 e. The van der Waals surface area contributed by atoms with Crippen molar-refractivity contribution in [1.29, 1.82) is 0 Å². The van der Waals surface area contributed by atoms with Gasteiger partial charge in [0.1, 0.15) is 69.1 Å². The maximum absolute atomic E-state index is 14.5. The SMILES string of the molecule is CCCn1ccc(-c2cncc([C@@]34CC[C@@H](c5cc(-c6c(F)cccc6F)nnc53)C4(C)C)n2)n1.CC[C@@H](C)Cn1ccc(-c2cncc([C@@]34CC[C@@H](c5cc(-c6c(F)cccc6F)nnc53)C4(C)C)n2)n1.CC[C@H](C)Cn1ccc(-c2cncc([C@@]34CC[C@@H](c5cc(-c6c(F)cccc6F)nnc53)C4(C)C)n2)n1. The quantitative estimate of drug-likeness (QED) is 0.0777. The molecule has 0 amide bonds. The Morgan fingerprint density at radius 2 is 0.670 bits per heavy atom. The number of nitrogens with zero attached hydrogens (tertiary/aromatic N) is 18. The number of hydrogen-bond acceptors (Lipinski definition) is 15. The summed E-state index contributed by atoms with van der Waals surface area (Å²) in [5, 5.41) is 41.0. The number of rotatable bonds is 17. The van der Waals surface area contributed by atoms with Gasteiger partial charge in [0, 0.05) is 56.8 Å². The second-order valence-electron chi connectivity index (χ2n) is 32.3. The van der Waals surface area contributed by atoms with E-state index >= 15 is 0 Å². The fourth-order valence-corrected chi connectivity index (χ4v) is 19.3. The third-order valence-electron chi connectivity index (χ3n) is 25.6. The van der Waals surface area contributed by atoms with Crippen LogP contribution in [0.15, 0.2) is 147 Å². The van der Waals surface area contributed by atoms with Gasteiger partial charge in [0.05, 0.1) is 103 Å². The average Bonchev–Trinajstić information content (AvgIpc) is 1.53. The molecule has 0 radical (unpaired) electrons. The molecule has 6 bridgehead atoms. The van der Waals surface area contributed by atoms with Crippen molar-refractivity contribution in [1.82, 2.24) is 89.8 Å². The molecule has 18 nitrogen and oxygen atoms in total. The first-order valence-corrected chi connectivity index (χ1v) is 37.9. The predicted octanol–water partition coefficient (Wildman–Crippen LogP) is 18.3. The highest BCUT2D eigenvalue weighted by Crippen LogP contribution is 2.72. The third-order valence-corrected chi connectivity index (χ3v) is 25.6. The normalized spacial score (nSPS) is 22.2. The Labute approximate surface area is 629 Å². The average molecular weight is 1470 g/mol. The topological polar surface area (TPSA) is 208 Å². The molecule has 0 spiro atoms. The molecular weight excluding hydrogens is 1390 g/mol. The number of hydrogen-bond donors (Lipinski definition) is 0. The van der Waals surface area contributed by atoms with Gasteiger partial charge in [-0.2, -0.15) is 30.6 Å². The molecule has 3 aromatic carbocycles. The molecule has 9 heterocycles. The molecule has 0 aliphatic heterocycles. The van der Waals surface area contributed by atoms with E-state index in [1.807, 2.05) is 87.6 Å². The van der Waals surface area contributed by atoms with Crippen LogP contribution in [-0.2, 0) is 35.9 Å². The minimum Gasteiger partial charge on any atom is -0.272 e. The van der Waals surface area contributed by atoms with E-state index in [0.717, 1.165) is 162 Å². The minimum atomic E-state index is -0.641. The highest BCUT2D eigenvalue weighted by molar-refractivity contribution is 5.68. The highest BCUT2D eigenvalue weighted by atomic mass is 19.2. The number of fused-ring (bicyclic) bond motifs is 15. The van der Waals surface area contributed by atoms with Crippen molar-refractivity contribution in [3.05, 3.63) is 233 Å². The van der Waals surface area contributed by atoms with Crippen LogP contribution in [0, 0.1) is 63.0 Å². The van der Waals surface area contributed by atoms with E-state index in [-0.39, 0.29) is 67.8 Å². The lowest BCUT2D eigenvalue weighted by molar-refractivity contribution is 0.242. The monoisotopic (exact) mass is 1470 g/mol. The molecule has 558 valence electrons. The second kappa shape index (κ2) is 27.5. The lowest BCUT2D eigenvalue weighted by Crippen LogP contribution is -2.38. The van der Waals surface area contributed by atoms with Gasteiger partial charge in [-0.05, 0) is 180 Å². The molecule has 0 unspecified atom stereocenters. The van der Waals surface area contributed by atoms with Crippen LogP contribution >= 0.6 is 0 Å². The molecule has 3 saturated carbocycles. The molecule has 6 aliphatic rings. The Hall–Kier alpha value is -10.7. The fourth-order valence-electron chi connectivity index (χ4n) is 19.3. The summed E-state index contributed by atoms with van der Waals surface area (Å²) in [6, 6.07) is 22.9. The van der Waals surface area contributed by atoms with Gasteiger partial charge in [0.2, 0.25) is 0 Å². The number of benzene rings is 3.